The van der Waals surface area contributed by atoms with Crippen LogP contribution in [0.15, 0.2) is 23.2 Å². The van der Waals surface area contributed by atoms with Gasteiger partial charge >= 0.3 is 0 Å². The second-order valence-electron chi connectivity index (χ2n) is 6.43. The number of ether oxygens (including phenoxy) is 1. The third-order valence-corrected chi connectivity index (χ3v) is 5.96. The minimum absolute atomic E-state index is 0. The van der Waals surface area contributed by atoms with E-state index in [0.29, 0.717) is 19.6 Å². The molecule has 0 aromatic heterocycles. The van der Waals surface area contributed by atoms with Gasteiger partial charge in [-0.05, 0) is 25.5 Å². The van der Waals surface area contributed by atoms with Crippen molar-refractivity contribution >= 4 is 39.8 Å². The standard InChI is InChI=1S/C18H30N4O3S.HI/c1-4-19-18(20-7-8-22-9-11-26(23,24)12-10-22)21-14-16-6-5-15(2)13-17(16)25-3;/h5-6,13H,4,7-12,14H2,1-3H3,(H2,19,20,21);1H. The van der Waals surface area contributed by atoms with Crippen molar-refractivity contribution in [1.29, 1.82) is 0 Å². The first-order chi connectivity index (χ1) is 12.4. The van der Waals surface area contributed by atoms with Crippen LogP contribution in [-0.4, -0.2) is 70.6 Å². The molecule has 0 bridgehead atoms. The second-order valence-corrected chi connectivity index (χ2v) is 8.73. The molecule has 1 fully saturated rings. The van der Waals surface area contributed by atoms with Gasteiger partial charge in [0.2, 0.25) is 0 Å². The number of aliphatic imine (C=N–C) groups is 1. The lowest BCUT2D eigenvalue weighted by Crippen LogP contribution is -2.45. The Morgan fingerprint density at radius 1 is 1.26 bits per heavy atom. The molecular formula is C18H31IN4O3S. The molecule has 1 aromatic carbocycles. The Bertz CT molecular complexity index is 711. The Kier molecular flexibility index (Phi) is 10.4. The van der Waals surface area contributed by atoms with Crippen molar-refractivity contribution < 1.29 is 13.2 Å². The molecule has 0 aliphatic carbocycles. The number of rotatable bonds is 7. The molecule has 1 aromatic rings. The number of benzene rings is 1. The average Bonchev–Trinajstić information content (AvgIpc) is 2.61. The molecule has 0 spiro atoms. The number of aryl methyl sites for hydroxylation is 1. The molecule has 0 unspecified atom stereocenters. The summed E-state index contributed by atoms with van der Waals surface area (Å²) in [6, 6.07) is 6.10. The Labute approximate surface area is 179 Å². The highest BCUT2D eigenvalue weighted by molar-refractivity contribution is 14.0. The minimum atomic E-state index is -2.82. The van der Waals surface area contributed by atoms with Crippen LogP contribution >= 0.6 is 24.0 Å². The summed E-state index contributed by atoms with van der Waals surface area (Å²) in [5.41, 5.74) is 2.19. The summed E-state index contributed by atoms with van der Waals surface area (Å²) in [6.45, 7) is 8.10. The van der Waals surface area contributed by atoms with Gasteiger partial charge in [0.05, 0.1) is 25.2 Å². The molecule has 2 rings (SSSR count). The number of sulfone groups is 1. The topological polar surface area (TPSA) is 83.0 Å². The summed E-state index contributed by atoms with van der Waals surface area (Å²) < 4.78 is 28.4. The monoisotopic (exact) mass is 510 g/mol. The third-order valence-electron chi connectivity index (χ3n) is 4.35. The quantitative estimate of drug-likeness (QED) is 0.328. The van der Waals surface area contributed by atoms with Crippen molar-refractivity contribution in [1.82, 2.24) is 15.5 Å². The van der Waals surface area contributed by atoms with Crippen LogP contribution in [0.25, 0.3) is 0 Å². The lowest BCUT2D eigenvalue weighted by molar-refractivity contribution is 0.299. The molecule has 154 valence electrons. The van der Waals surface area contributed by atoms with Crippen LogP contribution in [0.1, 0.15) is 18.1 Å². The summed E-state index contributed by atoms with van der Waals surface area (Å²) in [5.74, 6) is 2.11. The van der Waals surface area contributed by atoms with E-state index in [-0.39, 0.29) is 35.5 Å². The molecule has 7 nitrogen and oxygen atoms in total. The Balaban J connectivity index is 0.00000364. The van der Waals surface area contributed by atoms with Gasteiger partial charge < -0.3 is 15.4 Å². The zero-order valence-electron chi connectivity index (χ0n) is 16.3. The first-order valence-corrected chi connectivity index (χ1v) is 10.8. The molecule has 9 heteroatoms. The van der Waals surface area contributed by atoms with Gasteiger partial charge in [0, 0.05) is 38.3 Å². The summed E-state index contributed by atoms with van der Waals surface area (Å²) in [5, 5.41) is 6.55. The maximum Gasteiger partial charge on any atom is 0.191 e. The fourth-order valence-corrected chi connectivity index (χ4v) is 4.07. The Morgan fingerprint density at radius 2 is 1.96 bits per heavy atom. The smallest absolute Gasteiger partial charge is 0.191 e. The highest BCUT2D eigenvalue weighted by atomic mass is 127. The molecule has 2 N–H and O–H groups in total. The van der Waals surface area contributed by atoms with Gasteiger partial charge in [-0.2, -0.15) is 0 Å². The number of halogens is 1. The molecule has 1 saturated heterocycles. The van der Waals surface area contributed by atoms with Gasteiger partial charge in [-0.3, -0.25) is 4.90 Å². The molecular weight excluding hydrogens is 479 g/mol. The van der Waals surface area contributed by atoms with Crippen LogP contribution in [0, 0.1) is 6.92 Å². The van der Waals surface area contributed by atoms with Crippen molar-refractivity contribution in [3.8, 4) is 5.75 Å². The number of methoxy groups -OCH3 is 1. The van der Waals surface area contributed by atoms with Gasteiger partial charge in [0.1, 0.15) is 5.75 Å². The number of guanidine groups is 1. The minimum Gasteiger partial charge on any atom is -0.496 e. The van der Waals surface area contributed by atoms with Crippen LogP contribution in [0.5, 0.6) is 5.75 Å². The first-order valence-electron chi connectivity index (χ1n) is 9.02. The molecule has 1 aliphatic heterocycles. The molecule has 0 saturated carbocycles. The van der Waals surface area contributed by atoms with E-state index in [1.165, 1.54) is 0 Å². The van der Waals surface area contributed by atoms with Crippen LogP contribution in [0.2, 0.25) is 0 Å². The van der Waals surface area contributed by atoms with Crippen molar-refractivity contribution in [2.45, 2.75) is 20.4 Å². The second kappa shape index (κ2) is 11.7. The maximum atomic E-state index is 11.5. The van der Waals surface area contributed by atoms with Gasteiger partial charge in [-0.1, -0.05) is 12.1 Å². The van der Waals surface area contributed by atoms with Gasteiger partial charge in [0.25, 0.3) is 0 Å². The van der Waals surface area contributed by atoms with Crippen LogP contribution in [0.4, 0.5) is 0 Å². The normalized spacial score (nSPS) is 17.1. The molecule has 0 atom stereocenters. The van der Waals surface area contributed by atoms with E-state index < -0.39 is 9.84 Å². The Morgan fingerprint density at radius 3 is 2.59 bits per heavy atom. The van der Waals surface area contributed by atoms with E-state index >= 15 is 0 Å². The highest BCUT2D eigenvalue weighted by Crippen LogP contribution is 2.20. The summed E-state index contributed by atoms with van der Waals surface area (Å²) >= 11 is 0. The van der Waals surface area contributed by atoms with Crippen LogP contribution in [0.3, 0.4) is 0 Å². The molecule has 1 aliphatic rings. The maximum absolute atomic E-state index is 11.5. The molecule has 0 radical (unpaired) electrons. The van der Waals surface area contributed by atoms with Crippen molar-refractivity contribution in [3.05, 3.63) is 29.3 Å². The van der Waals surface area contributed by atoms with E-state index in [4.69, 9.17) is 4.74 Å². The van der Waals surface area contributed by atoms with E-state index in [2.05, 4.69) is 26.6 Å². The summed E-state index contributed by atoms with van der Waals surface area (Å²) in [6.07, 6.45) is 0. The summed E-state index contributed by atoms with van der Waals surface area (Å²) in [4.78, 5) is 6.80. The Hall–Kier alpha value is -1.07. The zero-order chi connectivity index (χ0) is 19.0. The van der Waals surface area contributed by atoms with Gasteiger partial charge in [-0.25, -0.2) is 13.4 Å². The fraction of sp³-hybridized carbons (Fsp3) is 0.611. The average molecular weight is 510 g/mol. The number of nitrogens with one attached hydrogen (secondary N) is 2. The largest absolute Gasteiger partial charge is 0.496 e. The predicted octanol–water partition coefficient (Wildman–Crippen LogP) is 1.41. The van der Waals surface area contributed by atoms with E-state index in [0.717, 1.165) is 42.5 Å². The highest BCUT2D eigenvalue weighted by Gasteiger charge is 2.20. The molecule has 27 heavy (non-hydrogen) atoms. The van der Waals surface area contributed by atoms with Crippen molar-refractivity contribution in [2.24, 2.45) is 4.99 Å². The van der Waals surface area contributed by atoms with Gasteiger partial charge in [-0.15, -0.1) is 24.0 Å². The lowest BCUT2D eigenvalue weighted by Gasteiger charge is -2.26. The van der Waals surface area contributed by atoms with Crippen molar-refractivity contribution in [3.63, 3.8) is 0 Å². The fourth-order valence-electron chi connectivity index (χ4n) is 2.79. The van der Waals surface area contributed by atoms with Gasteiger partial charge in [0.15, 0.2) is 15.8 Å². The summed E-state index contributed by atoms with van der Waals surface area (Å²) in [7, 11) is -1.15. The first kappa shape index (κ1) is 24.0. The predicted molar refractivity (Wildman–Crippen MR) is 121 cm³/mol. The third kappa shape index (κ3) is 8.22. The lowest BCUT2D eigenvalue weighted by atomic mass is 10.1. The molecule has 1 heterocycles. The van der Waals surface area contributed by atoms with Crippen LogP contribution < -0.4 is 15.4 Å². The number of nitrogens with zero attached hydrogens (tertiary/aromatic N) is 2. The van der Waals surface area contributed by atoms with E-state index in [1.54, 1.807) is 7.11 Å². The van der Waals surface area contributed by atoms with Crippen molar-refractivity contribution in [2.75, 3.05) is 51.3 Å². The zero-order valence-corrected chi connectivity index (χ0v) is 19.5. The van der Waals surface area contributed by atoms with Crippen LogP contribution in [-0.2, 0) is 16.4 Å². The number of hydrogen-bond donors (Lipinski definition) is 2. The van der Waals surface area contributed by atoms with E-state index in [9.17, 15) is 8.42 Å². The SMILES string of the molecule is CCNC(=NCc1ccc(C)cc1OC)NCCN1CCS(=O)(=O)CC1.I. The van der Waals surface area contributed by atoms with E-state index in [1.807, 2.05) is 26.0 Å². The molecule has 0 amide bonds. The number of hydrogen-bond acceptors (Lipinski definition) is 5.